The molecule has 0 aliphatic carbocycles. The van der Waals surface area contributed by atoms with Gasteiger partial charge in [-0.25, -0.2) is 27.3 Å². The van der Waals surface area contributed by atoms with Crippen molar-refractivity contribution in [1.29, 1.82) is 0 Å². The predicted molar refractivity (Wildman–Crippen MR) is 167 cm³/mol. The number of halogens is 5. The number of aromatic nitrogens is 8. The molecular weight excluding hydrogens is 662 g/mol. The number of hydrogen-bond acceptors (Lipinski definition) is 8. The molecule has 0 spiro atoms. The molecule has 47 heavy (non-hydrogen) atoms. The Morgan fingerprint density at radius 3 is 2.55 bits per heavy atom. The Balaban J connectivity index is 1.40. The highest BCUT2D eigenvalue weighted by atomic mass is 35.5. The first-order valence-electron chi connectivity index (χ1n) is 13.6. The first kappa shape index (κ1) is 31.4. The van der Waals surface area contributed by atoms with Crippen molar-refractivity contribution >= 4 is 57.7 Å². The monoisotopic (exact) mass is 681 g/mol. The zero-order chi connectivity index (χ0) is 33.4. The van der Waals surface area contributed by atoms with Crippen LogP contribution in [-0.4, -0.2) is 44.8 Å². The van der Waals surface area contributed by atoms with Crippen LogP contribution in [0, 0.1) is 17.5 Å². The molecule has 0 atom stereocenters. The van der Waals surface area contributed by atoms with Gasteiger partial charge in [0.1, 0.15) is 5.82 Å². The number of anilines is 2. The molecule has 3 heterocycles. The zero-order valence-electron chi connectivity index (χ0n) is 24.0. The molecular formula is C30H20Cl2F3N9O3. The number of aryl methyl sites for hydroxylation is 1. The third-order valence-corrected chi connectivity index (χ3v) is 7.49. The van der Waals surface area contributed by atoms with Crippen LogP contribution in [0.4, 0.5) is 24.8 Å². The van der Waals surface area contributed by atoms with Crippen LogP contribution < -0.4 is 16.7 Å². The van der Waals surface area contributed by atoms with Crippen molar-refractivity contribution in [3.8, 4) is 0 Å². The van der Waals surface area contributed by atoms with Gasteiger partial charge in [0, 0.05) is 41.4 Å². The van der Waals surface area contributed by atoms with Gasteiger partial charge < -0.3 is 5.32 Å². The Bertz CT molecular complexity index is 2350. The molecule has 0 bridgehead atoms. The van der Waals surface area contributed by atoms with E-state index in [1.165, 1.54) is 18.3 Å². The summed E-state index contributed by atoms with van der Waals surface area (Å²) < 4.78 is 46.5. The smallest absolute Gasteiger partial charge is 0.324 e. The maximum absolute atomic E-state index is 14.8. The normalized spacial score (nSPS) is 11.5. The van der Waals surface area contributed by atoms with E-state index in [1.54, 1.807) is 54.3 Å². The SMILES string of the molecule is Cn1cc2cc(Nc3nc(=O)n(Cc4cnnn4C(=O)/C=C/c4cccc(Cl)c4)c(=O)n3Cc3cc(F)c(F)cc3F)c(Cl)cc2n1. The lowest BCUT2D eigenvalue weighted by Gasteiger charge is -2.17. The second-order valence-corrected chi connectivity index (χ2v) is 11.1. The second-order valence-electron chi connectivity index (χ2n) is 10.2. The van der Waals surface area contributed by atoms with Gasteiger partial charge in [0.15, 0.2) is 11.6 Å². The summed E-state index contributed by atoms with van der Waals surface area (Å²) in [6.45, 7) is -1.21. The number of nitrogens with zero attached hydrogens (tertiary/aromatic N) is 8. The van der Waals surface area contributed by atoms with Gasteiger partial charge in [0.2, 0.25) is 5.95 Å². The molecule has 1 N–H and O–H groups in total. The van der Waals surface area contributed by atoms with Gasteiger partial charge in [-0.1, -0.05) is 40.5 Å². The van der Waals surface area contributed by atoms with Crippen LogP contribution >= 0.6 is 23.2 Å². The van der Waals surface area contributed by atoms with Crippen molar-refractivity contribution in [3.05, 3.63) is 132 Å². The van der Waals surface area contributed by atoms with Crippen molar-refractivity contribution in [2.75, 3.05) is 5.32 Å². The Labute approximate surface area is 271 Å². The molecule has 0 radical (unpaired) electrons. The lowest BCUT2D eigenvalue weighted by Crippen LogP contribution is -2.43. The van der Waals surface area contributed by atoms with E-state index in [9.17, 15) is 27.6 Å². The molecule has 3 aromatic carbocycles. The summed E-state index contributed by atoms with van der Waals surface area (Å²) in [6.07, 6.45) is 5.57. The predicted octanol–water partition coefficient (Wildman–Crippen LogP) is 4.80. The maximum Gasteiger partial charge on any atom is 0.355 e. The van der Waals surface area contributed by atoms with Gasteiger partial charge in [-0.05, 0) is 42.0 Å². The van der Waals surface area contributed by atoms with Crippen molar-refractivity contribution in [2.45, 2.75) is 13.1 Å². The minimum Gasteiger partial charge on any atom is -0.324 e. The van der Waals surface area contributed by atoms with Crippen molar-refractivity contribution in [2.24, 2.45) is 7.05 Å². The average Bonchev–Trinajstić information content (AvgIpc) is 3.63. The third-order valence-electron chi connectivity index (χ3n) is 6.94. The third kappa shape index (κ3) is 6.57. The van der Waals surface area contributed by atoms with E-state index in [0.29, 0.717) is 38.2 Å². The minimum atomic E-state index is -1.42. The zero-order valence-corrected chi connectivity index (χ0v) is 25.5. The van der Waals surface area contributed by atoms with E-state index >= 15 is 0 Å². The number of carbonyl (C=O) groups excluding carboxylic acids is 1. The Morgan fingerprint density at radius 1 is 0.979 bits per heavy atom. The van der Waals surface area contributed by atoms with E-state index in [4.69, 9.17) is 23.2 Å². The van der Waals surface area contributed by atoms with Gasteiger partial charge in [-0.2, -0.15) is 14.8 Å². The van der Waals surface area contributed by atoms with Crippen molar-refractivity contribution < 1.29 is 18.0 Å². The van der Waals surface area contributed by atoms with Gasteiger partial charge in [-0.15, -0.1) is 5.10 Å². The summed E-state index contributed by atoms with van der Waals surface area (Å²) in [7, 11) is 1.71. The summed E-state index contributed by atoms with van der Waals surface area (Å²) in [5, 5.41) is 15.9. The Morgan fingerprint density at radius 2 is 1.77 bits per heavy atom. The number of nitrogens with one attached hydrogen (secondary N) is 1. The summed E-state index contributed by atoms with van der Waals surface area (Å²) >= 11 is 12.4. The van der Waals surface area contributed by atoms with Crippen LogP contribution in [0.5, 0.6) is 0 Å². The minimum absolute atomic E-state index is 0.0306. The molecule has 238 valence electrons. The molecule has 0 saturated carbocycles. The maximum atomic E-state index is 14.8. The highest BCUT2D eigenvalue weighted by Gasteiger charge is 2.20. The van der Waals surface area contributed by atoms with Gasteiger partial charge in [-0.3, -0.25) is 14.0 Å². The van der Waals surface area contributed by atoms with E-state index in [2.05, 4.69) is 25.7 Å². The van der Waals surface area contributed by atoms with Crippen LogP contribution in [0.15, 0.2) is 76.6 Å². The quantitative estimate of drug-likeness (QED) is 0.179. The first-order valence-corrected chi connectivity index (χ1v) is 14.3. The molecule has 3 aromatic heterocycles. The lowest BCUT2D eigenvalue weighted by atomic mass is 10.2. The molecule has 0 saturated heterocycles. The second kappa shape index (κ2) is 12.7. The number of rotatable bonds is 8. The lowest BCUT2D eigenvalue weighted by molar-refractivity contribution is 0.0949. The molecule has 0 unspecified atom stereocenters. The fourth-order valence-electron chi connectivity index (χ4n) is 4.70. The molecule has 0 fully saturated rings. The number of benzene rings is 3. The molecule has 0 amide bonds. The van der Waals surface area contributed by atoms with Gasteiger partial charge >= 0.3 is 11.4 Å². The van der Waals surface area contributed by atoms with Crippen LogP contribution in [-0.2, 0) is 20.1 Å². The van der Waals surface area contributed by atoms with Crippen LogP contribution in [0.2, 0.25) is 10.0 Å². The summed E-state index contributed by atoms with van der Waals surface area (Å²) in [6, 6.07) is 10.8. The molecule has 6 rings (SSSR count). The highest BCUT2D eigenvalue weighted by molar-refractivity contribution is 6.34. The summed E-state index contributed by atoms with van der Waals surface area (Å²) in [5.41, 5.74) is -1.07. The first-order chi connectivity index (χ1) is 22.5. The largest absolute Gasteiger partial charge is 0.355 e. The Kier molecular flexibility index (Phi) is 8.49. The number of fused-ring (bicyclic) bond motifs is 1. The topological polar surface area (TPSA) is 135 Å². The fourth-order valence-corrected chi connectivity index (χ4v) is 5.11. The van der Waals surface area contributed by atoms with E-state index in [1.807, 2.05) is 0 Å². The molecule has 0 aliphatic rings. The average molecular weight is 682 g/mol. The standard InChI is InChI=1S/C30H20Cl2F3N9O3/c1-41-13-18-9-26(21(32)10-25(18)39-41)37-28-38-29(46)43(30(47)42(28)14-17-8-23(34)24(35)11-22(17)33)15-20-12-36-40-44(20)27(45)6-5-16-3-2-4-19(31)7-16/h2-13H,14-15H2,1H3,(H,37,38,46)/b6-5+. The van der Waals surface area contributed by atoms with Crippen LogP contribution in [0.3, 0.4) is 0 Å². The van der Waals surface area contributed by atoms with Crippen molar-refractivity contribution in [1.82, 2.24) is 38.9 Å². The Hall–Kier alpha value is -5.54. The number of carbonyl (C=O) groups is 1. The number of hydrogen-bond donors (Lipinski definition) is 1. The number of allylic oxidation sites excluding steroid dienone is 1. The highest BCUT2D eigenvalue weighted by Crippen LogP contribution is 2.29. The molecule has 0 aliphatic heterocycles. The van der Waals surface area contributed by atoms with E-state index in [0.717, 1.165) is 9.25 Å². The van der Waals surface area contributed by atoms with Crippen LogP contribution in [0.25, 0.3) is 17.0 Å². The van der Waals surface area contributed by atoms with Gasteiger partial charge in [0.25, 0.3) is 5.91 Å². The van der Waals surface area contributed by atoms with Crippen LogP contribution in [0.1, 0.15) is 21.6 Å². The van der Waals surface area contributed by atoms with E-state index in [-0.39, 0.29) is 22.4 Å². The fraction of sp³-hybridized carbons (Fsp3) is 0.100. The van der Waals surface area contributed by atoms with Crippen molar-refractivity contribution in [3.63, 3.8) is 0 Å². The van der Waals surface area contributed by atoms with Gasteiger partial charge in [0.05, 0.1) is 41.2 Å². The summed E-state index contributed by atoms with van der Waals surface area (Å²) in [4.78, 5) is 44.1. The summed E-state index contributed by atoms with van der Waals surface area (Å²) in [5.74, 6) is -4.95. The van der Waals surface area contributed by atoms with E-state index < -0.39 is 53.4 Å². The molecule has 17 heteroatoms. The molecule has 12 nitrogen and oxygen atoms in total. The molecule has 6 aromatic rings.